The first-order valence-electron chi connectivity index (χ1n) is 4.96. The van der Waals surface area contributed by atoms with Crippen LogP contribution in [0.2, 0.25) is 0 Å². The normalized spacial score (nSPS) is 14.7. The van der Waals surface area contributed by atoms with Crippen LogP contribution in [0.5, 0.6) is 0 Å². The summed E-state index contributed by atoms with van der Waals surface area (Å²) >= 11 is 0. The van der Waals surface area contributed by atoms with Crippen LogP contribution in [0.25, 0.3) is 0 Å². The molecule has 0 aliphatic rings. The van der Waals surface area contributed by atoms with Crippen molar-refractivity contribution in [2.45, 2.75) is 27.2 Å². The monoisotopic (exact) mass is 211 g/mol. The van der Waals surface area contributed by atoms with Crippen LogP contribution in [0.3, 0.4) is 0 Å². The topological polar surface area (TPSA) is 81.2 Å². The maximum Gasteiger partial charge on any atom is 0.232 e. The molecule has 15 heavy (non-hydrogen) atoms. The summed E-state index contributed by atoms with van der Waals surface area (Å²) in [6, 6.07) is 1.67. The highest BCUT2D eigenvalue weighted by Crippen LogP contribution is 2.21. The van der Waals surface area contributed by atoms with Gasteiger partial charge in [0.2, 0.25) is 5.91 Å². The Kier molecular flexibility index (Phi) is 3.47. The van der Waals surface area contributed by atoms with Gasteiger partial charge >= 0.3 is 0 Å². The zero-order chi connectivity index (χ0) is 11.5. The van der Waals surface area contributed by atoms with Crippen LogP contribution < -0.4 is 11.1 Å². The van der Waals surface area contributed by atoms with Crippen LogP contribution in [0.15, 0.2) is 10.6 Å². The first kappa shape index (κ1) is 11.7. The van der Waals surface area contributed by atoms with Gasteiger partial charge in [-0.1, -0.05) is 12.1 Å². The second-order valence-electron chi connectivity index (χ2n) is 3.90. The Morgan fingerprint density at radius 3 is 2.80 bits per heavy atom. The highest BCUT2D eigenvalue weighted by Gasteiger charge is 2.30. The maximum atomic E-state index is 11.8. The Balaban J connectivity index is 2.70. The summed E-state index contributed by atoms with van der Waals surface area (Å²) < 4.78 is 4.85. The first-order valence-corrected chi connectivity index (χ1v) is 4.96. The number of aromatic nitrogens is 1. The number of anilines is 1. The molecular formula is C10H17N3O2. The summed E-state index contributed by atoms with van der Waals surface area (Å²) in [6.45, 7) is 5.84. The van der Waals surface area contributed by atoms with Crippen LogP contribution in [-0.2, 0) is 4.79 Å². The Morgan fingerprint density at radius 1 is 1.73 bits per heavy atom. The summed E-state index contributed by atoms with van der Waals surface area (Å²) in [7, 11) is 0. The van der Waals surface area contributed by atoms with Crippen LogP contribution in [0.1, 0.15) is 26.0 Å². The average molecular weight is 211 g/mol. The SMILES string of the molecule is CCC(C)(CN)C(=O)Nc1cc(C)on1. The molecule has 0 aliphatic carbocycles. The van der Waals surface area contributed by atoms with E-state index in [1.807, 2.05) is 13.8 Å². The third kappa shape index (κ3) is 2.56. The lowest BCUT2D eigenvalue weighted by atomic mass is 9.87. The van der Waals surface area contributed by atoms with Crippen molar-refractivity contribution in [3.8, 4) is 0 Å². The molecule has 0 bridgehead atoms. The van der Waals surface area contributed by atoms with Crippen molar-refractivity contribution in [2.75, 3.05) is 11.9 Å². The minimum atomic E-state index is -0.549. The van der Waals surface area contributed by atoms with Crippen molar-refractivity contribution in [2.24, 2.45) is 11.1 Å². The zero-order valence-corrected chi connectivity index (χ0v) is 9.33. The lowest BCUT2D eigenvalue weighted by Crippen LogP contribution is -2.39. The molecular weight excluding hydrogens is 194 g/mol. The summed E-state index contributed by atoms with van der Waals surface area (Å²) in [5.74, 6) is 0.975. The van der Waals surface area contributed by atoms with E-state index in [2.05, 4.69) is 10.5 Å². The van der Waals surface area contributed by atoms with E-state index in [0.717, 1.165) is 0 Å². The number of nitrogens with two attached hydrogens (primary N) is 1. The lowest BCUT2D eigenvalue weighted by molar-refractivity contribution is -0.124. The molecule has 1 amide bonds. The predicted octanol–water partition coefficient (Wildman–Crippen LogP) is 1.30. The summed E-state index contributed by atoms with van der Waals surface area (Å²) in [6.07, 6.45) is 0.687. The van der Waals surface area contributed by atoms with Gasteiger partial charge in [-0.15, -0.1) is 0 Å². The zero-order valence-electron chi connectivity index (χ0n) is 9.33. The summed E-state index contributed by atoms with van der Waals surface area (Å²) in [5.41, 5.74) is 5.02. The molecule has 0 saturated carbocycles. The van der Waals surface area contributed by atoms with Crippen LogP contribution >= 0.6 is 0 Å². The molecule has 0 aliphatic heterocycles. The fraction of sp³-hybridized carbons (Fsp3) is 0.600. The molecule has 1 aromatic heterocycles. The number of carbonyl (C=O) groups is 1. The van der Waals surface area contributed by atoms with Crippen molar-refractivity contribution in [1.29, 1.82) is 0 Å². The van der Waals surface area contributed by atoms with Crippen LogP contribution in [0.4, 0.5) is 5.82 Å². The number of hydrogen-bond acceptors (Lipinski definition) is 4. The molecule has 1 atom stereocenters. The quantitative estimate of drug-likeness (QED) is 0.786. The largest absolute Gasteiger partial charge is 0.360 e. The van der Waals surface area contributed by atoms with Crippen molar-refractivity contribution < 1.29 is 9.32 Å². The number of aryl methyl sites for hydroxylation is 1. The minimum Gasteiger partial charge on any atom is -0.360 e. The number of nitrogens with one attached hydrogen (secondary N) is 1. The molecule has 1 unspecified atom stereocenters. The van der Waals surface area contributed by atoms with Gasteiger partial charge in [0.15, 0.2) is 5.82 Å². The summed E-state index contributed by atoms with van der Waals surface area (Å²) in [5, 5.41) is 6.37. The number of carbonyl (C=O) groups excluding carboxylic acids is 1. The summed E-state index contributed by atoms with van der Waals surface area (Å²) in [4.78, 5) is 11.8. The molecule has 5 heteroatoms. The molecule has 0 spiro atoms. The van der Waals surface area contributed by atoms with E-state index in [0.29, 0.717) is 24.5 Å². The minimum absolute atomic E-state index is 0.124. The smallest absolute Gasteiger partial charge is 0.232 e. The van der Waals surface area contributed by atoms with Gasteiger partial charge in [0.05, 0.1) is 5.41 Å². The van der Waals surface area contributed by atoms with E-state index in [1.165, 1.54) is 0 Å². The van der Waals surface area contributed by atoms with E-state index in [4.69, 9.17) is 10.3 Å². The van der Waals surface area contributed by atoms with Gasteiger partial charge in [-0.25, -0.2) is 0 Å². The van der Waals surface area contributed by atoms with Crippen LogP contribution in [-0.4, -0.2) is 17.6 Å². The van der Waals surface area contributed by atoms with Crippen LogP contribution in [0, 0.1) is 12.3 Å². The second-order valence-corrected chi connectivity index (χ2v) is 3.90. The fourth-order valence-corrected chi connectivity index (χ4v) is 1.09. The van der Waals surface area contributed by atoms with Gasteiger partial charge in [-0.2, -0.15) is 0 Å². The predicted molar refractivity (Wildman–Crippen MR) is 57.3 cm³/mol. The van der Waals surface area contributed by atoms with E-state index in [9.17, 15) is 4.79 Å². The van der Waals surface area contributed by atoms with E-state index in [-0.39, 0.29) is 5.91 Å². The number of amides is 1. The number of rotatable bonds is 4. The van der Waals surface area contributed by atoms with Gasteiger partial charge in [-0.05, 0) is 20.3 Å². The molecule has 1 rings (SSSR count). The van der Waals surface area contributed by atoms with E-state index in [1.54, 1.807) is 13.0 Å². The molecule has 0 radical (unpaired) electrons. The lowest BCUT2D eigenvalue weighted by Gasteiger charge is -2.23. The van der Waals surface area contributed by atoms with Crippen molar-refractivity contribution in [3.05, 3.63) is 11.8 Å². The van der Waals surface area contributed by atoms with E-state index >= 15 is 0 Å². The molecule has 0 saturated heterocycles. The Hall–Kier alpha value is -1.36. The van der Waals surface area contributed by atoms with Gasteiger partial charge in [0.1, 0.15) is 5.76 Å². The Morgan fingerprint density at radius 2 is 2.40 bits per heavy atom. The van der Waals surface area contributed by atoms with Gasteiger partial charge in [-0.3, -0.25) is 4.79 Å². The third-order valence-corrected chi connectivity index (χ3v) is 2.65. The van der Waals surface area contributed by atoms with Crippen molar-refractivity contribution in [3.63, 3.8) is 0 Å². The second kappa shape index (κ2) is 4.44. The molecule has 0 fully saturated rings. The number of hydrogen-bond donors (Lipinski definition) is 2. The third-order valence-electron chi connectivity index (χ3n) is 2.65. The number of nitrogens with zero attached hydrogens (tertiary/aromatic N) is 1. The molecule has 5 nitrogen and oxygen atoms in total. The van der Waals surface area contributed by atoms with Crippen molar-refractivity contribution in [1.82, 2.24) is 5.16 Å². The Bertz CT molecular complexity index is 342. The molecule has 84 valence electrons. The molecule has 3 N–H and O–H groups in total. The van der Waals surface area contributed by atoms with Gasteiger partial charge in [0, 0.05) is 12.6 Å². The maximum absolute atomic E-state index is 11.8. The molecule has 1 aromatic rings. The molecule has 0 aromatic carbocycles. The first-order chi connectivity index (χ1) is 7.01. The van der Waals surface area contributed by atoms with Gasteiger partial charge in [0.25, 0.3) is 0 Å². The average Bonchev–Trinajstić information content (AvgIpc) is 2.62. The van der Waals surface area contributed by atoms with Crippen molar-refractivity contribution >= 4 is 11.7 Å². The fourth-order valence-electron chi connectivity index (χ4n) is 1.09. The highest BCUT2D eigenvalue weighted by molar-refractivity contribution is 5.94. The van der Waals surface area contributed by atoms with Gasteiger partial charge < -0.3 is 15.6 Å². The standard InChI is InChI=1S/C10H17N3O2/c1-4-10(3,6-11)9(14)12-8-5-7(2)15-13-8/h5H,4,6,11H2,1-3H3,(H,12,13,14). The van der Waals surface area contributed by atoms with E-state index < -0.39 is 5.41 Å². The highest BCUT2D eigenvalue weighted by atomic mass is 16.5. The molecule has 1 heterocycles. The Labute approximate surface area is 89.0 Å².